The molecule has 0 heterocycles. The van der Waals surface area contributed by atoms with Gasteiger partial charge in [-0.3, -0.25) is 0 Å². The van der Waals surface area contributed by atoms with Gasteiger partial charge in [0.25, 0.3) is 0 Å². The van der Waals surface area contributed by atoms with Crippen molar-refractivity contribution in [1.29, 1.82) is 0 Å². The van der Waals surface area contributed by atoms with Crippen molar-refractivity contribution < 1.29 is 3.84 Å². The van der Waals surface area contributed by atoms with Crippen LogP contribution in [0.4, 0.5) is 0 Å². The summed E-state index contributed by atoms with van der Waals surface area (Å²) in [5.74, 6) is 0. The summed E-state index contributed by atoms with van der Waals surface area (Å²) in [4.78, 5) is 0. The normalized spacial score (nSPS) is 3.60. The Bertz CT molecular complexity index is 9.61. The van der Waals surface area contributed by atoms with Crippen LogP contribution in [0.5, 0.6) is 0 Å². The van der Waals surface area contributed by atoms with Crippen LogP contribution < -0.4 is 0 Å². The molecule has 0 aromatic heterocycles. The van der Waals surface area contributed by atoms with E-state index < -0.39 is 0 Å². The van der Waals surface area contributed by atoms with Crippen LogP contribution in [-0.2, 0) is 3.84 Å². The minimum absolute atomic E-state index is 0. The Kier molecular flexibility index (Phi) is 52.0. The molecule has 0 radical (unpaired) electrons. The van der Waals surface area contributed by atoms with Gasteiger partial charge < -0.3 is 0 Å². The van der Waals surface area contributed by atoms with Gasteiger partial charge in [-0.25, -0.2) is 0 Å². The molecule has 0 atom stereocenters. The van der Waals surface area contributed by atoms with E-state index >= 15 is 0 Å². The molecule has 5 heavy (non-hydrogen) atoms. The number of hydrogen-bond donors (Lipinski definition) is 0. The van der Waals surface area contributed by atoms with E-state index in [2.05, 4.69) is 27.6 Å². The second-order valence-electron chi connectivity index (χ2n) is 0.0583. The fourth-order valence-corrected chi connectivity index (χ4v) is 0. The van der Waals surface area contributed by atoms with Crippen LogP contribution in [0.1, 0.15) is 0 Å². The van der Waals surface area contributed by atoms with Gasteiger partial charge in [0.2, 0.25) is 0 Å². The van der Waals surface area contributed by atoms with Gasteiger partial charge in [0.15, 0.2) is 0 Å². The third-order valence-electron chi connectivity index (χ3n) is 0. The molecule has 0 saturated carbocycles. The van der Waals surface area contributed by atoms with E-state index in [1.54, 1.807) is 0 Å². The number of hydrogen-bond acceptors (Lipinski definition) is 1. The molecular weight excluding hydrogens is 185 g/mol. The van der Waals surface area contributed by atoms with Crippen molar-refractivity contribution in [3.63, 3.8) is 0 Å². The van der Waals surface area contributed by atoms with E-state index in [4.69, 9.17) is 0 Å². The molecule has 0 aliphatic carbocycles. The quantitative estimate of drug-likeness (QED) is 0.455. The first-order chi connectivity index (χ1) is 1.41. The van der Waals surface area contributed by atoms with E-state index in [0.29, 0.717) is 0 Å². The first kappa shape index (κ1) is 15.7. The summed E-state index contributed by atoms with van der Waals surface area (Å²) >= 11 is 8.53. The molecule has 30 valence electrons. The van der Waals surface area contributed by atoms with Crippen LogP contribution in [0.25, 0.3) is 0 Å². The molecule has 0 saturated heterocycles. The Hall–Kier alpha value is 2.09. The van der Waals surface area contributed by atoms with Gasteiger partial charge in [-0.15, -0.1) is 0 Å². The van der Waals surface area contributed by atoms with Crippen molar-refractivity contribution in [2.75, 3.05) is 0 Å². The standard InChI is InChI=1S/BH3.Cl2O.Sr.2H/c;1-3-2;;;/h1H3;;;;. The van der Waals surface area contributed by atoms with Crippen molar-refractivity contribution in [1.82, 2.24) is 0 Å². The number of rotatable bonds is 0. The molecule has 0 unspecified atom stereocenters. The van der Waals surface area contributed by atoms with Crippen molar-refractivity contribution in [2.45, 2.75) is 0 Å². The molecule has 0 aromatic carbocycles. The Labute approximate surface area is 80.1 Å². The molecule has 0 bridgehead atoms. The maximum atomic E-state index is 4.26. The fourth-order valence-electron chi connectivity index (χ4n) is 0. The Balaban J connectivity index is -0.0000000200. The predicted octanol–water partition coefficient (Wildman–Crippen LogP) is -0.790. The second kappa shape index (κ2) is 16.5. The fraction of sp³-hybridized carbons (Fsp3) is 0. The molecule has 0 N–H and O–H groups in total. The van der Waals surface area contributed by atoms with E-state index in [1.165, 1.54) is 0 Å². The Morgan fingerprint density at radius 3 is 1.20 bits per heavy atom. The van der Waals surface area contributed by atoms with Crippen molar-refractivity contribution in [3.8, 4) is 0 Å². The van der Waals surface area contributed by atoms with Crippen molar-refractivity contribution in [2.24, 2.45) is 0 Å². The molecule has 1 nitrogen and oxygen atoms in total. The molecular formula is H5BCl2OSr. The summed E-state index contributed by atoms with van der Waals surface area (Å²) in [7, 11) is 0. The molecule has 0 aliphatic heterocycles. The third kappa shape index (κ3) is 23.4. The predicted molar refractivity (Wildman–Crippen MR) is 31.3 cm³/mol. The van der Waals surface area contributed by atoms with Gasteiger partial charge in [0.1, 0.15) is 0 Å². The molecule has 5 heteroatoms. The molecule has 0 rings (SSSR count). The van der Waals surface area contributed by atoms with Crippen LogP contribution >= 0.6 is 23.7 Å². The maximum absolute atomic E-state index is 4.26. The first-order valence-corrected chi connectivity index (χ1v) is 0.926. The third-order valence-corrected chi connectivity index (χ3v) is 0. The Morgan fingerprint density at radius 1 is 1.20 bits per heavy atom. The van der Waals surface area contributed by atoms with Gasteiger partial charge in [0.05, 0.1) is 32.1 Å². The van der Waals surface area contributed by atoms with Crippen LogP contribution in [0.2, 0.25) is 0 Å². The van der Waals surface area contributed by atoms with Gasteiger partial charge in [-0.1, -0.05) is 0 Å². The summed E-state index contributed by atoms with van der Waals surface area (Å²) in [6, 6.07) is 0. The van der Waals surface area contributed by atoms with E-state index in [0.717, 1.165) is 0 Å². The average molecular weight is 190 g/mol. The van der Waals surface area contributed by atoms with Gasteiger partial charge in [-0.2, -0.15) is 3.84 Å². The van der Waals surface area contributed by atoms with E-state index in [1.807, 2.05) is 0 Å². The topological polar surface area (TPSA) is 9.23 Å². The zero-order valence-electron chi connectivity index (χ0n) is 1.16. The van der Waals surface area contributed by atoms with Crippen LogP contribution in [0.3, 0.4) is 0 Å². The minimum atomic E-state index is 0. The van der Waals surface area contributed by atoms with Crippen LogP contribution in [-0.4, -0.2) is 53.9 Å². The van der Waals surface area contributed by atoms with Crippen LogP contribution in [0.15, 0.2) is 0 Å². The van der Waals surface area contributed by atoms with Gasteiger partial charge >= 0.3 is 45.5 Å². The number of halogens is 2. The second-order valence-corrected chi connectivity index (χ2v) is 0.525. The summed E-state index contributed by atoms with van der Waals surface area (Å²) in [5, 5.41) is 0. The van der Waals surface area contributed by atoms with Crippen LogP contribution in [0, 0.1) is 0 Å². The first-order valence-electron chi connectivity index (χ1n) is 0.309. The van der Waals surface area contributed by atoms with E-state index in [9.17, 15) is 0 Å². The van der Waals surface area contributed by atoms with E-state index in [-0.39, 0.29) is 53.9 Å². The molecule has 0 fully saturated rings. The zero-order chi connectivity index (χ0) is 2.71. The van der Waals surface area contributed by atoms with Gasteiger partial charge in [0, 0.05) is 0 Å². The summed E-state index contributed by atoms with van der Waals surface area (Å²) in [5.41, 5.74) is 0. The molecule has 0 aromatic rings. The van der Waals surface area contributed by atoms with Crippen molar-refractivity contribution in [3.05, 3.63) is 0 Å². The summed E-state index contributed by atoms with van der Waals surface area (Å²) in [6.07, 6.45) is 0. The van der Waals surface area contributed by atoms with Gasteiger partial charge in [-0.05, 0) is 0 Å². The molecule has 0 spiro atoms. The SMILES string of the molecule is B.ClOCl.[SrH2]. The zero-order valence-corrected chi connectivity index (χ0v) is 2.68. The molecule has 0 aliphatic rings. The monoisotopic (exact) mass is 190 g/mol. The summed E-state index contributed by atoms with van der Waals surface area (Å²) < 4.78 is 3.19. The van der Waals surface area contributed by atoms with Crippen molar-refractivity contribution >= 4 is 77.6 Å². The summed E-state index contributed by atoms with van der Waals surface area (Å²) in [6.45, 7) is 0. The molecule has 0 amide bonds. The Morgan fingerprint density at radius 2 is 1.20 bits per heavy atom. The average Bonchev–Trinajstić information content (AvgIpc) is 0.918.